The average molecular weight is 233 g/mol. The summed E-state index contributed by atoms with van der Waals surface area (Å²) < 4.78 is 1.79. The van der Waals surface area contributed by atoms with Crippen molar-refractivity contribution in [3.05, 3.63) is 52.1 Å². The van der Waals surface area contributed by atoms with Crippen molar-refractivity contribution >= 4 is 5.69 Å². The summed E-state index contributed by atoms with van der Waals surface area (Å²) in [5.74, 6) is 0.780. The molecule has 0 radical (unpaired) electrons. The number of hydrogen-bond acceptors (Lipinski definition) is 4. The lowest BCUT2D eigenvalue weighted by Crippen LogP contribution is -2.00. The molecule has 0 bridgehead atoms. The number of aliphatic hydroxyl groups is 1. The van der Waals surface area contributed by atoms with E-state index in [0.717, 1.165) is 11.5 Å². The number of nitrogens with zero attached hydrogens (tertiary/aromatic N) is 3. The minimum Gasteiger partial charge on any atom is -0.391 e. The molecule has 0 spiro atoms. The number of aromatic nitrogens is 2. The van der Waals surface area contributed by atoms with Gasteiger partial charge in [-0.15, -0.1) is 0 Å². The average Bonchev–Trinajstić information content (AvgIpc) is 2.74. The second kappa shape index (κ2) is 4.34. The summed E-state index contributed by atoms with van der Waals surface area (Å²) in [7, 11) is 0. The molecule has 0 amide bonds. The summed E-state index contributed by atoms with van der Waals surface area (Å²) in [6.45, 7) is 1.47. The van der Waals surface area contributed by atoms with E-state index >= 15 is 0 Å². The van der Waals surface area contributed by atoms with Gasteiger partial charge in [-0.25, -0.2) is 4.98 Å². The van der Waals surface area contributed by atoms with Crippen molar-refractivity contribution in [2.45, 2.75) is 13.5 Å². The minimum absolute atomic E-state index is 0.0750. The molecule has 0 aliphatic heterocycles. The third kappa shape index (κ3) is 2.02. The lowest BCUT2D eigenvalue weighted by Gasteiger charge is -2.07. The van der Waals surface area contributed by atoms with Gasteiger partial charge in [-0.05, 0) is 19.1 Å². The van der Waals surface area contributed by atoms with E-state index in [9.17, 15) is 10.1 Å². The summed E-state index contributed by atoms with van der Waals surface area (Å²) in [6, 6.07) is 4.61. The van der Waals surface area contributed by atoms with Crippen LogP contribution in [0.2, 0.25) is 0 Å². The maximum absolute atomic E-state index is 10.7. The maximum Gasteiger partial charge on any atom is 0.275 e. The Morgan fingerprint density at radius 2 is 2.29 bits per heavy atom. The Morgan fingerprint density at radius 1 is 1.53 bits per heavy atom. The minimum atomic E-state index is -0.504. The van der Waals surface area contributed by atoms with Gasteiger partial charge in [-0.1, -0.05) is 0 Å². The molecule has 0 unspecified atom stereocenters. The molecule has 6 nitrogen and oxygen atoms in total. The molecule has 0 atom stereocenters. The van der Waals surface area contributed by atoms with Gasteiger partial charge in [0.1, 0.15) is 5.82 Å². The van der Waals surface area contributed by atoms with Gasteiger partial charge in [0.25, 0.3) is 5.69 Å². The number of rotatable bonds is 3. The normalized spacial score (nSPS) is 10.5. The van der Waals surface area contributed by atoms with Gasteiger partial charge in [0.2, 0.25) is 0 Å². The molecule has 1 heterocycles. The number of nitro groups is 1. The van der Waals surface area contributed by atoms with E-state index < -0.39 is 4.92 Å². The van der Waals surface area contributed by atoms with E-state index in [1.165, 1.54) is 6.07 Å². The zero-order chi connectivity index (χ0) is 12.4. The Labute approximate surface area is 97.3 Å². The standard InChI is InChI=1S/C11H11N3O3/c1-8-12-4-5-13(8)10-2-3-11(14(16)17)9(6-10)7-15/h2-6,15H,7H2,1H3. The summed E-state index contributed by atoms with van der Waals surface area (Å²) in [4.78, 5) is 14.3. The molecule has 88 valence electrons. The Bertz CT molecular complexity index is 563. The van der Waals surface area contributed by atoms with E-state index in [1.807, 2.05) is 6.92 Å². The van der Waals surface area contributed by atoms with Gasteiger partial charge in [-0.3, -0.25) is 10.1 Å². The van der Waals surface area contributed by atoms with Crippen LogP contribution in [0, 0.1) is 17.0 Å². The SMILES string of the molecule is Cc1nccn1-c1ccc([N+](=O)[O-])c(CO)c1. The molecule has 2 aromatic rings. The Morgan fingerprint density at radius 3 is 2.82 bits per heavy atom. The van der Waals surface area contributed by atoms with E-state index in [4.69, 9.17) is 5.11 Å². The predicted octanol–water partition coefficient (Wildman–Crippen LogP) is 1.58. The van der Waals surface area contributed by atoms with E-state index in [-0.39, 0.29) is 12.3 Å². The van der Waals surface area contributed by atoms with Crippen molar-refractivity contribution in [3.8, 4) is 5.69 Å². The van der Waals surface area contributed by atoms with Crippen LogP contribution in [0.15, 0.2) is 30.6 Å². The number of nitro benzene ring substituents is 1. The first-order chi connectivity index (χ1) is 8.13. The molecule has 1 N–H and O–H groups in total. The quantitative estimate of drug-likeness (QED) is 0.644. The van der Waals surface area contributed by atoms with Crippen LogP contribution in [-0.4, -0.2) is 19.6 Å². The lowest BCUT2D eigenvalue weighted by molar-refractivity contribution is -0.385. The van der Waals surface area contributed by atoms with Gasteiger partial charge < -0.3 is 9.67 Å². The van der Waals surface area contributed by atoms with Gasteiger partial charge in [-0.2, -0.15) is 0 Å². The molecule has 6 heteroatoms. The van der Waals surface area contributed by atoms with E-state index in [1.54, 1.807) is 29.1 Å². The summed E-state index contributed by atoms with van der Waals surface area (Å²) in [6.07, 6.45) is 3.41. The number of aliphatic hydroxyl groups excluding tert-OH is 1. The first-order valence-corrected chi connectivity index (χ1v) is 5.02. The van der Waals surface area contributed by atoms with Crippen LogP contribution in [0.1, 0.15) is 11.4 Å². The topological polar surface area (TPSA) is 81.2 Å². The molecule has 0 saturated carbocycles. The van der Waals surface area contributed by atoms with E-state index in [2.05, 4.69) is 4.98 Å². The predicted molar refractivity (Wildman–Crippen MR) is 60.9 cm³/mol. The van der Waals surface area contributed by atoms with Gasteiger partial charge >= 0.3 is 0 Å². The van der Waals surface area contributed by atoms with Crippen molar-refractivity contribution < 1.29 is 10.0 Å². The Hall–Kier alpha value is -2.21. The first kappa shape index (κ1) is 11.3. The van der Waals surface area contributed by atoms with Crippen LogP contribution in [0.3, 0.4) is 0 Å². The fraction of sp³-hybridized carbons (Fsp3) is 0.182. The highest BCUT2D eigenvalue weighted by atomic mass is 16.6. The zero-order valence-corrected chi connectivity index (χ0v) is 9.20. The van der Waals surface area contributed by atoms with Crippen molar-refractivity contribution in [1.82, 2.24) is 9.55 Å². The molecular formula is C11H11N3O3. The fourth-order valence-electron chi connectivity index (χ4n) is 1.68. The molecule has 1 aromatic carbocycles. The van der Waals surface area contributed by atoms with Crippen LogP contribution in [0.5, 0.6) is 0 Å². The fourth-order valence-corrected chi connectivity index (χ4v) is 1.68. The molecule has 2 rings (SSSR count). The molecule has 0 aliphatic rings. The van der Waals surface area contributed by atoms with E-state index in [0.29, 0.717) is 5.56 Å². The van der Waals surface area contributed by atoms with Crippen LogP contribution in [0.4, 0.5) is 5.69 Å². The van der Waals surface area contributed by atoms with Crippen LogP contribution in [-0.2, 0) is 6.61 Å². The number of hydrogen-bond donors (Lipinski definition) is 1. The monoisotopic (exact) mass is 233 g/mol. The van der Waals surface area contributed by atoms with Crippen molar-refractivity contribution in [3.63, 3.8) is 0 Å². The molecule has 17 heavy (non-hydrogen) atoms. The van der Waals surface area contributed by atoms with Crippen LogP contribution >= 0.6 is 0 Å². The number of aryl methyl sites for hydroxylation is 1. The highest BCUT2D eigenvalue weighted by Crippen LogP contribution is 2.22. The second-order valence-electron chi connectivity index (χ2n) is 3.57. The molecular weight excluding hydrogens is 222 g/mol. The third-order valence-corrected chi connectivity index (χ3v) is 2.53. The summed E-state index contributed by atoms with van der Waals surface area (Å²) in [5, 5.41) is 19.8. The van der Waals surface area contributed by atoms with Gasteiger partial charge in [0.05, 0.1) is 17.1 Å². The Balaban J connectivity index is 2.52. The smallest absolute Gasteiger partial charge is 0.275 e. The van der Waals surface area contributed by atoms with Crippen molar-refractivity contribution in [2.24, 2.45) is 0 Å². The third-order valence-electron chi connectivity index (χ3n) is 2.53. The molecule has 0 aliphatic carbocycles. The van der Waals surface area contributed by atoms with Gasteiger partial charge in [0, 0.05) is 24.1 Å². The zero-order valence-electron chi connectivity index (χ0n) is 9.20. The molecule has 1 aromatic heterocycles. The summed E-state index contributed by atoms with van der Waals surface area (Å²) >= 11 is 0. The van der Waals surface area contributed by atoms with Crippen molar-refractivity contribution in [1.29, 1.82) is 0 Å². The Kier molecular flexibility index (Phi) is 2.88. The first-order valence-electron chi connectivity index (χ1n) is 5.02. The van der Waals surface area contributed by atoms with Crippen LogP contribution < -0.4 is 0 Å². The van der Waals surface area contributed by atoms with Gasteiger partial charge in [0.15, 0.2) is 0 Å². The number of imidazole rings is 1. The highest BCUT2D eigenvalue weighted by molar-refractivity contribution is 5.48. The summed E-state index contributed by atoms with van der Waals surface area (Å²) in [5.41, 5.74) is 0.962. The number of benzene rings is 1. The highest BCUT2D eigenvalue weighted by Gasteiger charge is 2.14. The maximum atomic E-state index is 10.7. The van der Waals surface area contributed by atoms with Crippen molar-refractivity contribution in [2.75, 3.05) is 0 Å². The molecule has 0 fully saturated rings. The largest absolute Gasteiger partial charge is 0.391 e. The molecule has 0 saturated heterocycles. The second-order valence-corrected chi connectivity index (χ2v) is 3.57. The van der Waals surface area contributed by atoms with Crippen LogP contribution in [0.25, 0.3) is 5.69 Å². The lowest BCUT2D eigenvalue weighted by atomic mass is 10.1.